The first-order chi connectivity index (χ1) is 6.18. The Kier molecular flexibility index (Phi) is 1.62. The Morgan fingerprint density at radius 3 is 2.38 bits per heavy atom. The smallest absolute Gasteiger partial charge is 0.247 e. The molecule has 0 aromatic heterocycles. The van der Waals surface area contributed by atoms with Crippen molar-refractivity contribution < 1.29 is 9.59 Å². The van der Waals surface area contributed by atoms with E-state index in [1.165, 1.54) is 0 Å². The lowest BCUT2D eigenvalue weighted by Gasteiger charge is -2.05. The fourth-order valence-corrected chi connectivity index (χ4v) is 1.19. The van der Waals surface area contributed by atoms with Gasteiger partial charge in [-0.1, -0.05) is 0 Å². The predicted molar refractivity (Wildman–Crippen MR) is 43.2 cm³/mol. The topological polar surface area (TPSA) is 70.0 Å². The van der Waals surface area contributed by atoms with Gasteiger partial charge in [-0.05, 0) is 25.7 Å². The van der Waals surface area contributed by atoms with Gasteiger partial charge in [0.15, 0.2) is 0 Å². The summed E-state index contributed by atoms with van der Waals surface area (Å²) >= 11 is 0. The average molecular weight is 178 g/mol. The molecule has 2 aliphatic carbocycles. The third-order valence-corrected chi connectivity index (χ3v) is 2.58. The second-order valence-corrected chi connectivity index (χ2v) is 3.79. The zero-order chi connectivity index (χ0) is 9.47. The third kappa shape index (κ3) is 1.42. The molecule has 0 aromatic carbocycles. The van der Waals surface area contributed by atoms with Gasteiger partial charge < -0.3 is 0 Å². The van der Waals surface area contributed by atoms with Crippen LogP contribution in [0.4, 0.5) is 0 Å². The molecule has 0 bridgehead atoms. The molecule has 2 amide bonds. The van der Waals surface area contributed by atoms with Gasteiger partial charge in [0, 0.05) is 5.92 Å². The van der Waals surface area contributed by atoms with E-state index in [9.17, 15) is 9.59 Å². The van der Waals surface area contributed by atoms with Gasteiger partial charge in [0.05, 0.1) is 6.07 Å². The molecule has 2 saturated carbocycles. The highest BCUT2D eigenvalue weighted by molar-refractivity contribution is 6.02. The minimum Gasteiger partial charge on any atom is -0.295 e. The van der Waals surface area contributed by atoms with Gasteiger partial charge >= 0.3 is 0 Å². The number of hydrogen-bond donors (Lipinski definition) is 1. The standard InChI is InChI=1S/C9H10N2O2/c10-5-9(3-4-9)8(13)11-7(12)6-1-2-6/h6H,1-4H2,(H,11,12,13). The van der Waals surface area contributed by atoms with E-state index in [1.54, 1.807) is 0 Å². The number of hydrogen-bond acceptors (Lipinski definition) is 3. The van der Waals surface area contributed by atoms with Gasteiger partial charge in [0.1, 0.15) is 5.41 Å². The molecule has 0 heterocycles. The normalized spacial score (nSPS) is 23.0. The summed E-state index contributed by atoms with van der Waals surface area (Å²) in [5, 5.41) is 11.0. The lowest BCUT2D eigenvalue weighted by Crippen LogP contribution is -2.37. The summed E-state index contributed by atoms with van der Waals surface area (Å²) in [5.41, 5.74) is -0.870. The first-order valence-electron chi connectivity index (χ1n) is 4.44. The molecule has 4 heteroatoms. The van der Waals surface area contributed by atoms with Crippen LogP contribution in [0.2, 0.25) is 0 Å². The number of carbonyl (C=O) groups is 2. The van der Waals surface area contributed by atoms with E-state index in [0.717, 1.165) is 12.8 Å². The molecule has 2 fully saturated rings. The molecule has 1 N–H and O–H groups in total. The monoisotopic (exact) mass is 178 g/mol. The third-order valence-electron chi connectivity index (χ3n) is 2.58. The maximum absolute atomic E-state index is 11.3. The summed E-state index contributed by atoms with van der Waals surface area (Å²) in [4.78, 5) is 22.5. The van der Waals surface area contributed by atoms with Crippen molar-refractivity contribution in [2.45, 2.75) is 25.7 Å². The highest BCUT2D eigenvalue weighted by Crippen LogP contribution is 2.45. The Morgan fingerprint density at radius 2 is 2.00 bits per heavy atom. The van der Waals surface area contributed by atoms with Crippen molar-refractivity contribution in [2.75, 3.05) is 0 Å². The van der Waals surface area contributed by atoms with Crippen molar-refractivity contribution in [3.63, 3.8) is 0 Å². The van der Waals surface area contributed by atoms with Crippen molar-refractivity contribution in [2.24, 2.45) is 11.3 Å². The fraction of sp³-hybridized carbons (Fsp3) is 0.667. The van der Waals surface area contributed by atoms with Crippen LogP contribution in [0.15, 0.2) is 0 Å². The minimum absolute atomic E-state index is 0.0263. The molecular weight excluding hydrogens is 168 g/mol. The highest BCUT2D eigenvalue weighted by Gasteiger charge is 2.51. The SMILES string of the molecule is N#CC1(C(=O)NC(=O)C2CC2)CC1. The summed E-state index contributed by atoms with van der Waals surface area (Å²) in [6.07, 6.45) is 2.93. The summed E-state index contributed by atoms with van der Waals surface area (Å²) in [6, 6.07) is 1.95. The van der Waals surface area contributed by atoms with Crippen molar-refractivity contribution in [1.82, 2.24) is 5.32 Å². The maximum atomic E-state index is 11.3. The van der Waals surface area contributed by atoms with E-state index < -0.39 is 11.3 Å². The van der Waals surface area contributed by atoms with Crippen LogP contribution in [0.25, 0.3) is 0 Å². The van der Waals surface area contributed by atoms with Gasteiger partial charge in [-0.25, -0.2) is 0 Å². The van der Waals surface area contributed by atoms with Gasteiger partial charge in [-0.2, -0.15) is 5.26 Å². The zero-order valence-corrected chi connectivity index (χ0v) is 7.17. The van der Waals surface area contributed by atoms with E-state index in [-0.39, 0.29) is 11.8 Å². The largest absolute Gasteiger partial charge is 0.295 e. The molecule has 2 aliphatic rings. The lowest BCUT2D eigenvalue weighted by molar-refractivity contribution is -0.133. The molecule has 13 heavy (non-hydrogen) atoms. The summed E-state index contributed by atoms with van der Waals surface area (Å²) < 4.78 is 0. The van der Waals surface area contributed by atoms with Crippen molar-refractivity contribution in [3.05, 3.63) is 0 Å². The molecule has 0 spiro atoms. The molecule has 0 aliphatic heterocycles. The Bertz CT molecular complexity index is 308. The van der Waals surface area contributed by atoms with Crippen molar-refractivity contribution >= 4 is 11.8 Å². The number of rotatable bonds is 2. The second kappa shape index (κ2) is 2.56. The Hall–Kier alpha value is -1.37. The van der Waals surface area contributed by atoms with Crippen LogP contribution < -0.4 is 5.32 Å². The second-order valence-electron chi connectivity index (χ2n) is 3.79. The number of amides is 2. The fourth-order valence-electron chi connectivity index (χ4n) is 1.19. The lowest BCUT2D eigenvalue weighted by atomic mass is 10.1. The Morgan fingerprint density at radius 1 is 1.38 bits per heavy atom. The van der Waals surface area contributed by atoms with Crippen LogP contribution in [0, 0.1) is 22.7 Å². The van der Waals surface area contributed by atoms with Crippen LogP contribution >= 0.6 is 0 Å². The number of nitrogens with one attached hydrogen (secondary N) is 1. The summed E-state index contributed by atoms with van der Waals surface area (Å²) in [6.45, 7) is 0. The van der Waals surface area contributed by atoms with E-state index in [0.29, 0.717) is 12.8 Å². The molecule has 0 radical (unpaired) electrons. The Labute approximate surface area is 75.9 Å². The van der Waals surface area contributed by atoms with Crippen LogP contribution in [-0.4, -0.2) is 11.8 Å². The van der Waals surface area contributed by atoms with E-state index in [1.807, 2.05) is 6.07 Å². The molecule has 4 nitrogen and oxygen atoms in total. The minimum atomic E-state index is -0.870. The quantitative estimate of drug-likeness (QED) is 0.620. The number of carbonyl (C=O) groups excluding carboxylic acids is 2. The first-order valence-corrected chi connectivity index (χ1v) is 4.44. The molecule has 0 saturated heterocycles. The van der Waals surface area contributed by atoms with Crippen molar-refractivity contribution in [3.8, 4) is 6.07 Å². The molecule has 68 valence electrons. The number of nitrogens with zero attached hydrogens (tertiary/aromatic N) is 1. The first kappa shape index (κ1) is 8.24. The van der Waals surface area contributed by atoms with Gasteiger partial charge in [-0.3, -0.25) is 14.9 Å². The Balaban J connectivity index is 1.91. The van der Waals surface area contributed by atoms with Crippen LogP contribution in [0.5, 0.6) is 0 Å². The van der Waals surface area contributed by atoms with E-state index >= 15 is 0 Å². The predicted octanol–water partition coefficient (Wildman–Crippen LogP) is 0.343. The van der Waals surface area contributed by atoms with Crippen LogP contribution in [0.3, 0.4) is 0 Å². The van der Waals surface area contributed by atoms with Gasteiger partial charge in [-0.15, -0.1) is 0 Å². The van der Waals surface area contributed by atoms with Crippen LogP contribution in [0.1, 0.15) is 25.7 Å². The molecule has 0 aromatic rings. The zero-order valence-electron chi connectivity index (χ0n) is 7.17. The van der Waals surface area contributed by atoms with Crippen molar-refractivity contribution in [1.29, 1.82) is 5.26 Å². The van der Waals surface area contributed by atoms with E-state index in [2.05, 4.69) is 5.32 Å². The van der Waals surface area contributed by atoms with Gasteiger partial charge in [0.25, 0.3) is 0 Å². The maximum Gasteiger partial charge on any atom is 0.247 e. The number of nitriles is 1. The van der Waals surface area contributed by atoms with Crippen LogP contribution in [-0.2, 0) is 9.59 Å². The highest BCUT2D eigenvalue weighted by atomic mass is 16.2. The average Bonchev–Trinajstić information content (AvgIpc) is 2.99. The molecular formula is C9H10N2O2. The van der Waals surface area contributed by atoms with Gasteiger partial charge in [0.2, 0.25) is 11.8 Å². The number of imide groups is 1. The summed E-state index contributed by atoms with van der Waals surface area (Å²) in [7, 11) is 0. The summed E-state index contributed by atoms with van der Waals surface area (Å²) in [5.74, 6) is -0.572. The van der Waals surface area contributed by atoms with E-state index in [4.69, 9.17) is 5.26 Å². The molecule has 2 rings (SSSR count). The molecule has 0 atom stereocenters. The molecule has 0 unspecified atom stereocenters.